The Balaban J connectivity index is 3.16. The Morgan fingerprint density at radius 1 is 0.667 bits per heavy atom. The van der Waals surface area contributed by atoms with Crippen molar-refractivity contribution in [3.63, 3.8) is 0 Å². The van der Waals surface area contributed by atoms with E-state index < -0.39 is 0 Å². The van der Waals surface area contributed by atoms with E-state index in [0.717, 1.165) is 6.54 Å². The third kappa shape index (κ3) is 12.4. The first-order valence-corrected chi connectivity index (χ1v) is 8.32. The van der Waals surface area contributed by atoms with Gasteiger partial charge in [-0.15, -0.1) is 0 Å². The summed E-state index contributed by atoms with van der Waals surface area (Å²) in [5.41, 5.74) is 6.10. The molecule has 0 unspecified atom stereocenters. The Hall–Kier alpha value is -0.0400. The first-order valence-electron chi connectivity index (χ1n) is 8.32. The molecule has 0 amide bonds. The Morgan fingerprint density at radius 3 is 1.56 bits per heavy atom. The normalized spacial score (nSPS) is 12.0. The maximum Gasteiger partial charge on any atom is -0.00722 e. The van der Waals surface area contributed by atoms with Crippen molar-refractivity contribution < 1.29 is 0 Å². The highest BCUT2D eigenvalue weighted by molar-refractivity contribution is 4.68. The Labute approximate surface area is 116 Å². The fraction of sp³-hybridized carbons (Fsp3) is 1.00. The Kier molecular flexibility index (Phi) is 12.0. The maximum absolute atomic E-state index is 5.63. The van der Waals surface area contributed by atoms with Crippen LogP contribution in [0.15, 0.2) is 0 Å². The Bertz CT molecular complexity index is 163. The van der Waals surface area contributed by atoms with E-state index in [4.69, 9.17) is 5.73 Å². The van der Waals surface area contributed by atoms with Crippen molar-refractivity contribution in [2.75, 3.05) is 6.54 Å². The van der Waals surface area contributed by atoms with Crippen LogP contribution in [-0.4, -0.2) is 6.54 Å². The minimum absolute atomic E-state index is 0.467. The summed E-state index contributed by atoms with van der Waals surface area (Å²) in [6.45, 7) is 7.83. The van der Waals surface area contributed by atoms with Crippen molar-refractivity contribution in [3.05, 3.63) is 0 Å². The molecule has 0 aliphatic rings. The van der Waals surface area contributed by atoms with Gasteiger partial charge in [-0.05, 0) is 24.8 Å². The molecule has 0 aliphatic carbocycles. The van der Waals surface area contributed by atoms with Crippen LogP contribution in [0, 0.1) is 5.41 Å². The highest BCUT2D eigenvalue weighted by Gasteiger charge is 2.15. The second-order valence-electron chi connectivity index (χ2n) is 6.63. The molecule has 18 heavy (non-hydrogen) atoms. The van der Waals surface area contributed by atoms with Crippen LogP contribution in [0.5, 0.6) is 0 Å². The second kappa shape index (κ2) is 12.0. The zero-order valence-corrected chi connectivity index (χ0v) is 13.3. The van der Waals surface area contributed by atoms with Gasteiger partial charge in [0, 0.05) is 0 Å². The summed E-state index contributed by atoms with van der Waals surface area (Å²) in [7, 11) is 0. The minimum atomic E-state index is 0.467. The summed E-state index contributed by atoms with van der Waals surface area (Å²) in [6, 6.07) is 0. The van der Waals surface area contributed by atoms with Crippen LogP contribution in [-0.2, 0) is 0 Å². The van der Waals surface area contributed by atoms with Crippen LogP contribution in [0.3, 0.4) is 0 Å². The van der Waals surface area contributed by atoms with Gasteiger partial charge in [-0.2, -0.15) is 0 Å². The summed E-state index contributed by atoms with van der Waals surface area (Å²) in [5.74, 6) is 0. The van der Waals surface area contributed by atoms with E-state index >= 15 is 0 Å². The molecule has 0 radical (unpaired) electrons. The van der Waals surface area contributed by atoms with Gasteiger partial charge >= 0.3 is 0 Å². The SMILES string of the molecule is CCCCCCCCCCCCC(C)(C)CCN. The zero-order chi connectivity index (χ0) is 13.7. The largest absolute Gasteiger partial charge is 0.330 e. The van der Waals surface area contributed by atoms with Crippen LogP contribution in [0.1, 0.15) is 97.8 Å². The molecule has 2 N–H and O–H groups in total. The maximum atomic E-state index is 5.63. The summed E-state index contributed by atoms with van der Waals surface area (Å²) in [6.07, 6.45) is 16.8. The van der Waals surface area contributed by atoms with E-state index in [-0.39, 0.29) is 0 Å². The van der Waals surface area contributed by atoms with E-state index in [1.165, 1.54) is 77.0 Å². The van der Waals surface area contributed by atoms with Crippen molar-refractivity contribution in [1.29, 1.82) is 0 Å². The lowest BCUT2D eigenvalue weighted by Gasteiger charge is -2.23. The molecule has 0 aliphatic heterocycles. The van der Waals surface area contributed by atoms with Gasteiger partial charge in [0.25, 0.3) is 0 Å². The van der Waals surface area contributed by atoms with Crippen molar-refractivity contribution in [3.8, 4) is 0 Å². The van der Waals surface area contributed by atoms with E-state index in [9.17, 15) is 0 Å². The molecule has 1 heteroatoms. The highest BCUT2D eigenvalue weighted by atomic mass is 14.5. The van der Waals surface area contributed by atoms with Crippen LogP contribution < -0.4 is 5.73 Å². The fourth-order valence-electron chi connectivity index (χ4n) is 2.61. The zero-order valence-electron chi connectivity index (χ0n) is 13.3. The monoisotopic (exact) mass is 255 g/mol. The molecule has 0 spiro atoms. The smallest absolute Gasteiger partial charge is 0.00722 e. The molecule has 0 aromatic heterocycles. The first-order chi connectivity index (χ1) is 8.62. The first kappa shape index (κ1) is 18.0. The lowest BCUT2D eigenvalue weighted by molar-refractivity contribution is 0.299. The van der Waals surface area contributed by atoms with E-state index in [0.29, 0.717) is 5.41 Å². The predicted molar refractivity (Wildman–Crippen MR) is 83.9 cm³/mol. The van der Waals surface area contributed by atoms with Crippen LogP contribution in [0.25, 0.3) is 0 Å². The van der Waals surface area contributed by atoms with Crippen molar-refractivity contribution in [1.82, 2.24) is 0 Å². The van der Waals surface area contributed by atoms with Gasteiger partial charge in [0.15, 0.2) is 0 Å². The molecule has 110 valence electrons. The quantitative estimate of drug-likeness (QED) is 0.421. The van der Waals surface area contributed by atoms with Gasteiger partial charge < -0.3 is 5.73 Å². The summed E-state index contributed by atoms with van der Waals surface area (Å²) < 4.78 is 0. The molecule has 0 rings (SSSR count). The molecule has 1 nitrogen and oxygen atoms in total. The van der Waals surface area contributed by atoms with Gasteiger partial charge in [-0.3, -0.25) is 0 Å². The molecular formula is C17H37N. The molecule has 0 saturated carbocycles. The fourth-order valence-corrected chi connectivity index (χ4v) is 2.61. The standard InChI is InChI=1S/C17H37N/c1-4-5-6-7-8-9-10-11-12-13-14-17(2,3)15-16-18/h4-16,18H2,1-3H3. The van der Waals surface area contributed by atoms with E-state index in [2.05, 4.69) is 20.8 Å². The van der Waals surface area contributed by atoms with Gasteiger partial charge in [0.2, 0.25) is 0 Å². The minimum Gasteiger partial charge on any atom is -0.330 e. The molecule has 0 heterocycles. The summed E-state index contributed by atoms with van der Waals surface area (Å²) >= 11 is 0. The average molecular weight is 255 g/mol. The van der Waals surface area contributed by atoms with Crippen LogP contribution in [0.2, 0.25) is 0 Å². The number of hydrogen-bond acceptors (Lipinski definition) is 1. The third-order valence-corrected chi connectivity index (χ3v) is 4.03. The van der Waals surface area contributed by atoms with Crippen LogP contribution >= 0.6 is 0 Å². The number of nitrogens with two attached hydrogens (primary N) is 1. The lowest BCUT2D eigenvalue weighted by Crippen LogP contribution is -2.16. The average Bonchev–Trinajstić information content (AvgIpc) is 2.31. The van der Waals surface area contributed by atoms with E-state index in [1.807, 2.05) is 0 Å². The van der Waals surface area contributed by atoms with Gasteiger partial charge in [-0.25, -0.2) is 0 Å². The second-order valence-corrected chi connectivity index (χ2v) is 6.63. The van der Waals surface area contributed by atoms with Crippen molar-refractivity contribution >= 4 is 0 Å². The highest BCUT2D eigenvalue weighted by Crippen LogP contribution is 2.27. The molecule has 0 atom stereocenters. The summed E-state index contributed by atoms with van der Waals surface area (Å²) in [5, 5.41) is 0. The molecular weight excluding hydrogens is 218 g/mol. The van der Waals surface area contributed by atoms with E-state index in [1.54, 1.807) is 0 Å². The van der Waals surface area contributed by atoms with Crippen LogP contribution in [0.4, 0.5) is 0 Å². The number of hydrogen-bond donors (Lipinski definition) is 1. The number of rotatable bonds is 13. The molecule has 0 bridgehead atoms. The Morgan fingerprint density at radius 2 is 1.11 bits per heavy atom. The lowest BCUT2D eigenvalue weighted by atomic mass is 9.83. The van der Waals surface area contributed by atoms with Crippen molar-refractivity contribution in [2.45, 2.75) is 97.8 Å². The van der Waals surface area contributed by atoms with Gasteiger partial charge in [0.1, 0.15) is 0 Å². The summed E-state index contributed by atoms with van der Waals surface area (Å²) in [4.78, 5) is 0. The molecule has 0 saturated heterocycles. The van der Waals surface area contributed by atoms with Gasteiger partial charge in [-0.1, -0.05) is 85.0 Å². The van der Waals surface area contributed by atoms with Crippen molar-refractivity contribution in [2.24, 2.45) is 11.1 Å². The predicted octanol–water partition coefficient (Wildman–Crippen LogP) is 5.67. The third-order valence-electron chi connectivity index (χ3n) is 4.03. The molecule has 0 aromatic rings. The molecule has 0 aromatic carbocycles. The number of unbranched alkanes of at least 4 members (excludes halogenated alkanes) is 9. The van der Waals surface area contributed by atoms with Gasteiger partial charge in [0.05, 0.1) is 0 Å². The molecule has 0 fully saturated rings. The topological polar surface area (TPSA) is 26.0 Å².